The smallest absolute Gasteiger partial charge is 0.411 e. The maximum atomic E-state index is 13.6. The molecule has 7 heteroatoms. The maximum Gasteiger partial charge on any atom is 0.411 e. The summed E-state index contributed by atoms with van der Waals surface area (Å²) < 4.78 is 40.9. The van der Waals surface area contributed by atoms with Crippen molar-refractivity contribution in [3.05, 3.63) is 34.4 Å². The molecule has 1 unspecified atom stereocenters. The van der Waals surface area contributed by atoms with Crippen LogP contribution in [0, 0.1) is 6.92 Å². The molecule has 3 rings (SSSR count). The highest BCUT2D eigenvalue weighted by Gasteiger charge is 2.57. The lowest BCUT2D eigenvalue weighted by atomic mass is 9.83. The van der Waals surface area contributed by atoms with Crippen molar-refractivity contribution in [1.82, 2.24) is 5.32 Å². The minimum absolute atomic E-state index is 0.145. The summed E-state index contributed by atoms with van der Waals surface area (Å²) in [5.41, 5.74) is -0.892. The Morgan fingerprint density at radius 3 is 2.39 bits per heavy atom. The van der Waals surface area contributed by atoms with E-state index in [2.05, 4.69) is 5.32 Å². The Bertz CT molecular complexity index is 808. The van der Waals surface area contributed by atoms with E-state index in [1.54, 1.807) is 0 Å². The van der Waals surface area contributed by atoms with Gasteiger partial charge in [0.15, 0.2) is 0 Å². The van der Waals surface area contributed by atoms with Gasteiger partial charge in [-0.25, -0.2) is 0 Å². The summed E-state index contributed by atoms with van der Waals surface area (Å²) in [6.45, 7) is 3.45. The Kier molecular flexibility index (Phi) is 5.38. The van der Waals surface area contributed by atoms with Gasteiger partial charge in [-0.1, -0.05) is 24.5 Å². The van der Waals surface area contributed by atoms with Crippen LogP contribution in [-0.4, -0.2) is 27.8 Å². The number of phenolic OH excluding ortho intramolecular Hbond substituents is 2. The zero-order chi connectivity index (χ0) is 20.7. The lowest BCUT2D eigenvalue weighted by molar-refractivity contribution is -0.191. The number of hydrogen-bond donors (Lipinski definition) is 3. The molecule has 0 saturated heterocycles. The summed E-state index contributed by atoms with van der Waals surface area (Å²) in [6, 6.07) is 1.34. The quantitative estimate of drug-likeness (QED) is 0.612. The van der Waals surface area contributed by atoms with E-state index in [9.17, 15) is 28.2 Å². The van der Waals surface area contributed by atoms with Crippen molar-refractivity contribution >= 4 is 5.91 Å². The molecule has 1 aromatic carbocycles. The van der Waals surface area contributed by atoms with Crippen LogP contribution in [-0.2, 0) is 0 Å². The third-order valence-electron chi connectivity index (χ3n) is 6.04. The third-order valence-corrected chi connectivity index (χ3v) is 6.04. The number of benzene rings is 1. The second kappa shape index (κ2) is 7.33. The van der Waals surface area contributed by atoms with Gasteiger partial charge in [-0.2, -0.15) is 13.2 Å². The lowest BCUT2D eigenvalue weighted by Gasteiger charge is -2.33. The number of allylic oxidation sites excluding steroid dienone is 2. The number of carbonyl (C=O) groups excluding carboxylic acids is 1. The first-order valence-corrected chi connectivity index (χ1v) is 9.68. The summed E-state index contributed by atoms with van der Waals surface area (Å²) in [5.74, 6) is -1.80. The van der Waals surface area contributed by atoms with E-state index in [0.29, 0.717) is 19.3 Å². The summed E-state index contributed by atoms with van der Waals surface area (Å²) in [4.78, 5) is 12.8. The lowest BCUT2D eigenvalue weighted by Crippen LogP contribution is -2.57. The van der Waals surface area contributed by atoms with Crippen molar-refractivity contribution in [2.24, 2.45) is 0 Å². The molecule has 0 radical (unpaired) electrons. The molecule has 1 fully saturated rings. The van der Waals surface area contributed by atoms with E-state index < -0.39 is 23.4 Å². The highest BCUT2D eigenvalue weighted by Crippen LogP contribution is 2.46. The predicted octanol–water partition coefficient (Wildman–Crippen LogP) is 5.22. The molecule has 3 N–H and O–H groups in total. The van der Waals surface area contributed by atoms with Crippen molar-refractivity contribution in [3.8, 4) is 11.5 Å². The molecule has 0 heterocycles. The average molecular weight is 397 g/mol. The minimum atomic E-state index is -4.56. The highest BCUT2D eigenvalue weighted by atomic mass is 19.4. The molecule has 0 aliphatic heterocycles. The zero-order valence-electron chi connectivity index (χ0n) is 16.1. The number of alkyl halides is 3. The van der Waals surface area contributed by atoms with Gasteiger partial charge in [0.05, 0.1) is 5.56 Å². The average Bonchev–Trinajstić information content (AvgIpc) is 3.04. The fourth-order valence-corrected chi connectivity index (χ4v) is 4.53. The van der Waals surface area contributed by atoms with Crippen molar-refractivity contribution < 1.29 is 28.2 Å². The molecule has 0 bridgehead atoms. The number of aryl methyl sites for hydroxylation is 1. The van der Waals surface area contributed by atoms with Gasteiger partial charge in [-0.05, 0) is 57.6 Å². The molecule has 0 aromatic heterocycles. The molecule has 0 spiro atoms. The van der Waals surface area contributed by atoms with E-state index in [1.165, 1.54) is 13.0 Å². The van der Waals surface area contributed by atoms with Gasteiger partial charge in [0.2, 0.25) is 0 Å². The molecular weight excluding hydrogens is 371 g/mol. The second-order valence-corrected chi connectivity index (χ2v) is 8.10. The maximum absolute atomic E-state index is 13.6. The molecule has 4 nitrogen and oxygen atoms in total. The van der Waals surface area contributed by atoms with Crippen LogP contribution in [0.25, 0.3) is 0 Å². The van der Waals surface area contributed by atoms with E-state index in [1.807, 2.05) is 13.0 Å². The number of hydrogen-bond acceptors (Lipinski definition) is 3. The fourth-order valence-electron chi connectivity index (χ4n) is 4.53. The monoisotopic (exact) mass is 397 g/mol. The van der Waals surface area contributed by atoms with Crippen LogP contribution in [0.15, 0.2) is 17.7 Å². The van der Waals surface area contributed by atoms with Crippen molar-refractivity contribution in [3.63, 3.8) is 0 Å². The van der Waals surface area contributed by atoms with Crippen LogP contribution in [0.3, 0.4) is 0 Å². The second-order valence-electron chi connectivity index (χ2n) is 8.10. The SMILES string of the molecule is CC1=CC(c2c(O)cc(C)c(C(=O)NC3(C(F)(F)F)CCCC3)c2O)CCC1. The van der Waals surface area contributed by atoms with Crippen LogP contribution in [0.4, 0.5) is 13.2 Å². The molecular formula is C21H26F3NO3. The number of rotatable bonds is 3. The van der Waals surface area contributed by atoms with Crippen LogP contribution in [0.1, 0.15) is 79.3 Å². The number of carbonyl (C=O) groups is 1. The largest absolute Gasteiger partial charge is 0.507 e. The van der Waals surface area contributed by atoms with Gasteiger partial charge in [0.1, 0.15) is 17.0 Å². The number of amides is 1. The first-order valence-electron chi connectivity index (χ1n) is 9.68. The van der Waals surface area contributed by atoms with Gasteiger partial charge in [-0.15, -0.1) is 0 Å². The van der Waals surface area contributed by atoms with E-state index in [4.69, 9.17) is 0 Å². The zero-order valence-corrected chi connectivity index (χ0v) is 16.1. The molecule has 28 heavy (non-hydrogen) atoms. The first kappa shape index (κ1) is 20.6. The van der Waals surface area contributed by atoms with Crippen molar-refractivity contribution in [2.45, 2.75) is 76.4 Å². The minimum Gasteiger partial charge on any atom is -0.507 e. The highest BCUT2D eigenvalue weighted by molar-refractivity contribution is 5.99. The summed E-state index contributed by atoms with van der Waals surface area (Å²) >= 11 is 0. The number of aromatic hydroxyl groups is 2. The molecule has 2 aliphatic carbocycles. The normalized spacial score (nSPS) is 22.0. The Hall–Kier alpha value is -2.18. The molecule has 1 amide bonds. The van der Waals surface area contributed by atoms with Crippen LogP contribution in [0.5, 0.6) is 11.5 Å². The van der Waals surface area contributed by atoms with Gasteiger partial charge in [0.25, 0.3) is 5.91 Å². The Morgan fingerprint density at radius 1 is 1.18 bits per heavy atom. The molecule has 1 saturated carbocycles. The third kappa shape index (κ3) is 3.59. The van der Waals surface area contributed by atoms with E-state index in [0.717, 1.165) is 18.4 Å². The van der Waals surface area contributed by atoms with Crippen LogP contribution < -0.4 is 5.32 Å². The fraction of sp³-hybridized carbons (Fsp3) is 0.571. The molecule has 1 atom stereocenters. The van der Waals surface area contributed by atoms with E-state index >= 15 is 0 Å². The summed E-state index contributed by atoms with van der Waals surface area (Å²) in [7, 11) is 0. The Morgan fingerprint density at radius 2 is 1.82 bits per heavy atom. The summed E-state index contributed by atoms with van der Waals surface area (Å²) in [6.07, 6.45) is 0.290. The first-order chi connectivity index (χ1) is 13.1. The molecule has 154 valence electrons. The van der Waals surface area contributed by atoms with Gasteiger partial charge >= 0.3 is 6.18 Å². The van der Waals surface area contributed by atoms with Crippen molar-refractivity contribution in [2.75, 3.05) is 0 Å². The van der Waals surface area contributed by atoms with Crippen molar-refractivity contribution in [1.29, 1.82) is 0 Å². The standard InChI is InChI=1S/C21H26F3NO3/c1-12-6-5-7-14(10-12)17-15(26)11-13(2)16(18(17)27)19(28)25-20(21(22,23)24)8-3-4-9-20/h10-11,14,26-27H,3-9H2,1-2H3,(H,25,28). The molecule has 1 aromatic rings. The Balaban J connectivity index is 2.01. The predicted molar refractivity (Wildman–Crippen MR) is 99.6 cm³/mol. The number of phenols is 2. The van der Waals surface area contributed by atoms with Crippen LogP contribution in [0.2, 0.25) is 0 Å². The Labute approximate surface area is 162 Å². The molecule has 2 aliphatic rings. The van der Waals surface area contributed by atoms with Gasteiger partial charge in [-0.3, -0.25) is 4.79 Å². The van der Waals surface area contributed by atoms with Gasteiger partial charge in [0, 0.05) is 11.5 Å². The summed E-state index contributed by atoms with van der Waals surface area (Å²) in [5, 5.41) is 23.3. The van der Waals surface area contributed by atoms with Gasteiger partial charge < -0.3 is 15.5 Å². The van der Waals surface area contributed by atoms with Crippen LogP contribution >= 0.6 is 0 Å². The topological polar surface area (TPSA) is 69.6 Å². The number of halogens is 3. The van der Waals surface area contributed by atoms with E-state index in [-0.39, 0.29) is 41.2 Å². The number of nitrogens with one attached hydrogen (secondary N) is 1.